The summed E-state index contributed by atoms with van der Waals surface area (Å²) < 4.78 is 9.97. The van der Waals surface area contributed by atoms with Gasteiger partial charge in [0.15, 0.2) is 0 Å². The van der Waals surface area contributed by atoms with E-state index in [9.17, 15) is 0 Å². The molecule has 4 heterocycles. The largest absolute Gasteiger partial charge is 0.310 e. The Morgan fingerprint density at radius 2 is 0.466 bits per heavy atom. The molecule has 0 saturated heterocycles. The Balaban J connectivity index is 0.000000141. The van der Waals surface area contributed by atoms with Gasteiger partial charge in [-0.1, -0.05) is 303 Å². The quantitative estimate of drug-likeness (QED) is 0.115. The van der Waals surface area contributed by atoms with E-state index >= 15 is 0 Å². The lowest BCUT2D eigenvalue weighted by molar-refractivity contribution is 1.17. The predicted octanol–water partition coefficient (Wildman–Crippen LogP) is 30.9. The fourth-order valence-corrected chi connectivity index (χ4v) is 18.9. The molecule has 0 radical (unpaired) electrons. The Labute approximate surface area is 675 Å². The first kappa shape index (κ1) is 67.8. The Morgan fingerprint density at radius 3 is 0.897 bits per heavy atom. The summed E-state index contributed by atoms with van der Waals surface area (Å²) in [6.07, 6.45) is 0. The van der Waals surface area contributed by atoms with Gasteiger partial charge in [0.25, 0.3) is 0 Å². The molecule has 0 saturated carbocycles. The summed E-state index contributed by atoms with van der Waals surface area (Å²) in [4.78, 5) is 4.78. The molecular weight excluding hydrogens is 1420 g/mol. The minimum atomic E-state index is 1.10. The van der Waals surface area contributed by atoms with Gasteiger partial charge in [0.1, 0.15) is 0 Å². The van der Waals surface area contributed by atoms with Crippen molar-refractivity contribution in [2.24, 2.45) is 0 Å². The van der Waals surface area contributed by atoms with E-state index in [2.05, 4.69) is 466 Å². The number of nitrogens with zero attached hydrogens (tertiary/aromatic N) is 5. The van der Waals surface area contributed by atoms with E-state index in [0.29, 0.717) is 0 Å². The van der Waals surface area contributed by atoms with Gasteiger partial charge in [-0.05, 0) is 195 Å². The smallest absolute Gasteiger partial charge is 0.0620 e. The molecule has 0 spiro atoms. The molecule has 544 valence electrons. The van der Waals surface area contributed by atoms with Crippen LogP contribution in [0, 0.1) is 0 Å². The van der Waals surface area contributed by atoms with Crippen LogP contribution in [0.3, 0.4) is 0 Å². The molecule has 0 fully saturated rings. The maximum absolute atomic E-state index is 2.48. The Kier molecular flexibility index (Phi) is 16.7. The van der Waals surface area contributed by atoms with Gasteiger partial charge in [-0.25, -0.2) is 0 Å². The van der Waals surface area contributed by atoms with E-state index in [4.69, 9.17) is 0 Å². The molecule has 116 heavy (non-hydrogen) atoms. The van der Waals surface area contributed by atoms with Crippen LogP contribution < -0.4 is 9.80 Å². The zero-order valence-electron chi connectivity index (χ0n) is 63.3. The average Bonchev–Trinajstić information content (AvgIpc) is 1.58. The van der Waals surface area contributed by atoms with E-state index in [1.807, 2.05) is 11.3 Å². The molecule has 0 aliphatic rings. The minimum absolute atomic E-state index is 1.10. The van der Waals surface area contributed by atoms with Gasteiger partial charge in [-0.2, -0.15) is 0 Å². The molecule has 0 aliphatic carbocycles. The summed E-state index contributed by atoms with van der Waals surface area (Å²) in [7, 11) is 0. The van der Waals surface area contributed by atoms with Crippen molar-refractivity contribution in [1.29, 1.82) is 0 Å². The van der Waals surface area contributed by atoms with Gasteiger partial charge in [-0.3, -0.25) is 0 Å². The van der Waals surface area contributed by atoms with Crippen molar-refractivity contribution in [2.75, 3.05) is 9.80 Å². The van der Waals surface area contributed by atoms with Crippen LogP contribution >= 0.6 is 11.3 Å². The van der Waals surface area contributed by atoms with Crippen molar-refractivity contribution in [3.8, 4) is 61.6 Å². The highest BCUT2D eigenvalue weighted by molar-refractivity contribution is 7.25. The molecule has 23 aromatic rings. The molecule has 6 heteroatoms. The molecule has 0 unspecified atom stereocenters. The van der Waals surface area contributed by atoms with Crippen LogP contribution in [0.25, 0.3) is 169 Å². The van der Waals surface area contributed by atoms with Gasteiger partial charge in [0.05, 0.1) is 33.1 Å². The molecule has 0 bridgehead atoms. The molecule has 23 rings (SSSR count). The minimum Gasteiger partial charge on any atom is -0.310 e. The van der Waals surface area contributed by atoms with Crippen LogP contribution in [0.15, 0.2) is 443 Å². The summed E-state index contributed by atoms with van der Waals surface area (Å²) in [6, 6.07) is 161. The Morgan fingerprint density at radius 1 is 0.164 bits per heavy atom. The van der Waals surface area contributed by atoms with Crippen molar-refractivity contribution < 1.29 is 0 Å². The number of benzene rings is 19. The van der Waals surface area contributed by atoms with Gasteiger partial charge in [0, 0.05) is 114 Å². The van der Waals surface area contributed by atoms with E-state index < -0.39 is 0 Å². The SMILES string of the molecule is c1ccc(-c2ccc(N(c3ccc(-c4ccccc4)cc3)c3ccc4ccc5c6ccccc6n(-c6ccc7c(c6)c6ccccc6n7-c6ccccc6)c5c4c3)cc2)cc1.c1ccc(-c2ccc(N(c3ccc(-c4ccccc4)cc3)c3ccc4ccc5c6ccccc6n(-c6ccc7c(c6)sc6ccccc67)c5c4c3)cc2)cc1. The highest BCUT2D eigenvalue weighted by atomic mass is 32.1. The summed E-state index contributed by atoms with van der Waals surface area (Å²) in [5.41, 5.74) is 26.9. The number of rotatable bonds is 13. The van der Waals surface area contributed by atoms with Crippen LogP contribution in [0.5, 0.6) is 0 Å². The molecule has 0 amide bonds. The fourth-order valence-electron chi connectivity index (χ4n) is 17.8. The number of aromatic nitrogens is 3. The van der Waals surface area contributed by atoms with Gasteiger partial charge in [-0.15, -0.1) is 11.3 Å². The summed E-state index contributed by atoms with van der Waals surface area (Å²) in [5, 5.41) is 14.9. The lowest BCUT2D eigenvalue weighted by atomic mass is 10.0. The van der Waals surface area contributed by atoms with E-state index in [-0.39, 0.29) is 0 Å². The first-order valence-electron chi connectivity index (χ1n) is 39.7. The number of anilines is 6. The maximum Gasteiger partial charge on any atom is 0.0620 e. The topological polar surface area (TPSA) is 21.3 Å². The van der Waals surface area contributed by atoms with Crippen molar-refractivity contribution in [3.63, 3.8) is 0 Å². The number of para-hydroxylation sites is 4. The zero-order valence-corrected chi connectivity index (χ0v) is 64.1. The van der Waals surface area contributed by atoms with Crippen molar-refractivity contribution in [2.45, 2.75) is 0 Å². The summed E-state index contributed by atoms with van der Waals surface area (Å²) >= 11 is 1.87. The van der Waals surface area contributed by atoms with Crippen molar-refractivity contribution >= 4 is 153 Å². The van der Waals surface area contributed by atoms with Gasteiger partial charge >= 0.3 is 0 Å². The number of hydrogen-bond donors (Lipinski definition) is 0. The van der Waals surface area contributed by atoms with Gasteiger partial charge < -0.3 is 23.5 Å². The third-order valence-corrected chi connectivity index (χ3v) is 24.4. The van der Waals surface area contributed by atoms with Crippen LogP contribution in [-0.4, -0.2) is 13.7 Å². The average molecular weight is 1500 g/mol. The summed E-state index contributed by atoms with van der Waals surface area (Å²) in [5.74, 6) is 0. The summed E-state index contributed by atoms with van der Waals surface area (Å²) in [6.45, 7) is 0. The number of thiophene rings is 1. The van der Waals surface area contributed by atoms with Crippen LogP contribution in [-0.2, 0) is 0 Å². The molecule has 19 aromatic carbocycles. The first-order chi connectivity index (χ1) is 57.5. The molecule has 0 N–H and O–H groups in total. The number of hydrogen-bond acceptors (Lipinski definition) is 3. The van der Waals surface area contributed by atoms with E-state index in [1.54, 1.807) is 0 Å². The van der Waals surface area contributed by atoms with E-state index in [0.717, 1.165) is 45.5 Å². The molecule has 4 aromatic heterocycles. The highest BCUT2D eigenvalue weighted by Crippen LogP contribution is 2.47. The molecular formula is C110H73N5S. The Bertz CT molecular complexity index is 7470. The lowest BCUT2D eigenvalue weighted by Crippen LogP contribution is -2.10. The first-order valence-corrected chi connectivity index (χ1v) is 40.5. The van der Waals surface area contributed by atoms with Gasteiger partial charge in [0.2, 0.25) is 0 Å². The highest BCUT2D eigenvalue weighted by Gasteiger charge is 2.24. The third kappa shape index (κ3) is 11.8. The predicted molar refractivity (Wildman–Crippen MR) is 495 cm³/mol. The molecule has 5 nitrogen and oxygen atoms in total. The monoisotopic (exact) mass is 1500 g/mol. The molecule has 0 aliphatic heterocycles. The zero-order chi connectivity index (χ0) is 76.6. The van der Waals surface area contributed by atoms with Crippen molar-refractivity contribution in [3.05, 3.63) is 443 Å². The standard InChI is InChI=1S/C58H39N3.C52H34N2S/c1-4-14-40(15-5-1)42-24-30-46(31-25-42)59(47-32-26-43(27-33-47)41-16-6-2-7-17-41)48-34-28-44-29-36-52-50-20-10-13-23-56(50)61(58(52)53(44)38-48)49-35-37-57-54(39-49)51-21-11-12-22-55(51)60(57)45-18-8-3-9-19-45;1-3-11-35(12-4-1)37-19-25-40(26-20-37)53(41-27-21-38(22-28-41)36-13-5-2-6-14-36)42-29-23-39-24-31-47-44-15-7-9-17-49(44)54(52(47)48(39)33-42)43-30-32-46-45-16-8-10-18-50(45)55-51(46)34-43/h1-39H;1-34H. The molecule has 0 atom stereocenters. The van der Waals surface area contributed by atoms with Crippen LogP contribution in [0.4, 0.5) is 34.1 Å². The maximum atomic E-state index is 2.48. The third-order valence-electron chi connectivity index (χ3n) is 23.3. The number of fused-ring (bicyclic) bond motifs is 16. The van der Waals surface area contributed by atoms with Crippen molar-refractivity contribution in [1.82, 2.24) is 13.7 Å². The second kappa shape index (κ2) is 28.6. The second-order valence-electron chi connectivity index (χ2n) is 29.9. The van der Waals surface area contributed by atoms with E-state index in [1.165, 1.54) is 157 Å². The normalized spacial score (nSPS) is 11.6. The fraction of sp³-hybridized carbons (Fsp3) is 0. The lowest BCUT2D eigenvalue weighted by Gasteiger charge is -2.26. The van der Waals surface area contributed by atoms with Crippen LogP contribution in [0.1, 0.15) is 0 Å². The Hall–Kier alpha value is -15.1. The van der Waals surface area contributed by atoms with Crippen LogP contribution in [0.2, 0.25) is 0 Å². The second-order valence-corrected chi connectivity index (χ2v) is 31.0.